The first-order valence-electron chi connectivity index (χ1n) is 6.77. The van der Waals surface area contributed by atoms with E-state index in [1.54, 1.807) is 6.07 Å². The zero-order chi connectivity index (χ0) is 14.8. The number of carbonyl (C=O) groups excluding carboxylic acids is 1. The molecule has 3 rings (SSSR count). The van der Waals surface area contributed by atoms with Gasteiger partial charge in [-0.15, -0.1) is 0 Å². The van der Waals surface area contributed by atoms with E-state index >= 15 is 0 Å². The molecule has 1 aliphatic heterocycles. The van der Waals surface area contributed by atoms with Crippen molar-refractivity contribution >= 4 is 28.9 Å². The van der Waals surface area contributed by atoms with Gasteiger partial charge in [-0.05, 0) is 54.8 Å². The maximum atomic E-state index is 13.2. The number of hydrogen-bond donors (Lipinski definition) is 2. The molecule has 0 atom stereocenters. The summed E-state index contributed by atoms with van der Waals surface area (Å²) < 4.78 is 13.2. The fraction of sp³-hybridized carbons (Fsp3) is 0.188. The predicted molar refractivity (Wildman–Crippen MR) is 82.6 cm³/mol. The number of amides is 1. The summed E-state index contributed by atoms with van der Waals surface area (Å²) in [6.07, 6.45) is 2.00. The van der Waals surface area contributed by atoms with Gasteiger partial charge in [0.05, 0.1) is 10.7 Å². The van der Waals surface area contributed by atoms with Gasteiger partial charge in [0.15, 0.2) is 0 Å². The van der Waals surface area contributed by atoms with E-state index in [9.17, 15) is 9.18 Å². The van der Waals surface area contributed by atoms with Crippen LogP contribution in [0.3, 0.4) is 0 Å². The summed E-state index contributed by atoms with van der Waals surface area (Å²) in [7, 11) is 0. The van der Waals surface area contributed by atoms with Gasteiger partial charge in [0.2, 0.25) is 0 Å². The van der Waals surface area contributed by atoms with Crippen molar-refractivity contribution < 1.29 is 9.18 Å². The van der Waals surface area contributed by atoms with Crippen LogP contribution in [0.1, 0.15) is 22.3 Å². The van der Waals surface area contributed by atoms with Crippen molar-refractivity contribution in [3.05, 3.63) is 58.4 Å². The fourth-order valence-corrected chi connectivity index (χ4v) is 2.57. The van der Waals surface area contributed by atoms with Gasteiger partial charge in [-0.2, -0.15) is 0 Å². The maximum absolute atomic E-state index is 13.2. The highest BCUT2D eigenvalue weighted by Gasteiger charge is 2.13. The van der Waals surface area contributed by atoms with Crippen molar-refractivity contribution in [1.29, 1.82) is 0 Å². The SMILES string of the molecule is O=C(Nc1cc(F)ccc1Cl)c1ccc2c(c1)CCCN2. The summed E-state index contributed by atoms with van der Waals surface area (Å²) in [5.74, 6) is -0.736. The quantitative estimate of drug-likeness (QED) is 0.877. The lowest BCUT2D eigenvalue weighted by atomic mass is 10.0. The zero-order valence-electron chi connectivity index (χ0n) is 11.2. The molecule has 21 heavy (non-hydrogen) atoms. The highest BCUT2D eigenvalue weighted by atomic mass is 35.5. The van der Waals surface area contributed by atoms with E-state index in [1.165, 1.54) is 18.2 Å². The monoisotopic (exact) mass is 304 g/mol. The first-order chi connectivity index (χ1) is 10.1. The summed E-state index contributed by atoms with van der Waals surface area (Å²) in [6, 6.07) is 9.40. The molecular formula is C16H14ClFN2O. The number of halogens is 2. The van der Waals surface area contributed by atoms with E-state index in [4.69, 9.17) is 11.6 Å². The van der Waals surface area contributed by atoms with Crippen LogP contribution in [0.2, 0.25) is 5.02 Å². The third kappa shape index (κ3) is 3.00. The molecule has 1 amide bonds. The second-order valence-corrected chi connectivity index (χ2v) is 5.39. The van der Waals surface area contributed by atoms with E-state index in [0.717, 1.165) is 30.6 Å². The van der Waals surface area contributed by atoms with Crippen molar-refractivity contribution in [2.45, 2.75) is 12.8 Å². The van der Waals surface area contributed by atoms with Crippen molar-refractivity contribution in [2.75, 3.05) is 17.2 Å². The summed E-state index contributed by atoms with van der Waals surface area (Å²) in [5.41, 5.74) is 3.01. The number of benzene rings is 2. The molecule has 3 nitrogen and oxygen atoms in total. The third-order valence-corrected chi connectivity index (χ3v) is 3.81. The highest BCUT2D eigenvalue weighted by molar-refractivity contribution is 6.33. The largest absolute Gasteiger partial charge is 0.385 e. The van der Waals surface area contributed by atoms with Gasteiger partial charge in [0, 0.05) is 17.8 Å². The summed E-state index contributed by atoms with van der Waals surface area (Å²) in [5, 5.41) is 6.25. The molecule has 108 valence electrons. The maximum Gasteiger partial charge on any atom is 0.255 e. The van der Waals surface area contributed by atoms with Crippen LogP contribution in [0.4, 0.5) is 15.8 Å². The molecule has 2 aromatic rings. The first kappa shape index (κ1) is 13.9. The minimum atomic E-state index is -0.440. The molecule has 0 spiro atoms. The van der Waals surface area contributed by atoms with Crippen molar-refractivity contribution in [1.82, 2.24) is 0 Å². The molecule has 0 saturated carbocycles. The molecule has 0 unspecified atom stereocenters. The molecule has 0 radical (unpaired) electrons. The Kier molecular flexibility index (Phi) is 3.80. The van der Waals surface area contributed by atoms with Crippen LogP contribution in [0.15, 0.2) is 36.4 Å². The molecule has 0 aromatic heterocycles. The van der Waals surface area contributed by atoms with Crippen LogP contribution in [0, 0.1) is 5.82 Å². The van der Waals surface area contributed by atoms with Gasteiger partial charge in [-0.25, -0.2) is 4.39 Å². The Labute approximate surface area is 127 Å². The third-order valence-electron chi connectivity index (χ3n) is 3.48. The Morgan fingerprint density at radius 1 is 1.24 bits per heavy atom. The van der Waals surface area contributed by atoms with E-state index < -0.39 is 5.82 Å². The van der Waals surface area contributed by atoms with Gasteiger partial charge in [-0.1, -0.05) is 11.6 Å². The van der Waals surface area contributed by atoms with E-state index in [2.05, 4.69) is 10.6 Å². The standard InChI is InChI=1S/C16H14ClFN2O/c17-13-5-4-12(18)9-15(13)20-16(21)11-3-6-14-10(8-11)2-1-7-19-14/h3-6,8-9,19H,1-2,7H2,(H,20,21). The van der Waals surface area contributed by atoms with Crippen LogP contribution < -0.4 is 10.6 Å². The van der Waals surface area contributed by atoms with Crippen LogP contribution >= 0.6 is 11.6 Å². The minimum Gasteiger partial charge on any atom is -0.385 e. The molecular weight excluding hydrogens is 291 g/mol. The summed E-state index contributed by atoms with van der Waals surface area (Å²) >= 11 is 5.95. The van der Waals surface area contributed by atoms with Crippen LogP contribution in [0.5, 0.6) is 0 Å². The Balaban J connectivity index is 1.83. The smallest absolute Gasteiger partial charge is 0.255 e. The number of aryl methyl sites for hydroxylation is 1. The topological polar surface area (TPSA) is 41.1 Å². The predicted octanol–water partition coefficient (Wildman–Crippen LogP) is 4.09. The van der Waals surface area contributed by atoms with Crippen molar-refractivity contribution in [3.8, 4) is 0 Å². The normalized spacial score (nSPS) is 13.2. The fourth-order valence-electron chi connectivity index (χ4n) is 2.40. The van der Waals surface area contributed by atoms with E-state index in [0.29, 0.717) is 10.6 Å². The van der Waals surface area contributed by atoms with Crippen LogP contribution in [-0.4, -0.2) is 12.5 Å². The number of anilines is 2. The average Bonchev–Trinajstić information content (AvgIpc) is 2.50. The second kappa shape index (κ2) is 5.74. The molecule has 2 N–H and O–H groups in total. The van der Waals surface area contributed by atoms with Gasteiger partial charge in [-0.3, -0.25) is 4.79 Å². The highest BCUT2D eigenvalue weighted by Crippen LogP contribution is 2.25. The zero-order valence-corrected chi connectivity index (χ0v) is 12.0. The van der Waals surface area contributed by atoms with E-state index in [-0.39, 0.29) is 11.6 Å². The van der Waals surface area contributed by atoms with Crippen LogP contribution in [-0.2, 0) is 6.42 Å². The van der Waals surface area contributed by atoms with E-state index in [1.807, 2.05) is 12.1 Å². The Hall–Kier alpha value is -2.07. The first-order valence-corrected chi connectivity index (χ1v) is 7.14. The lowest BCUT2D eigenvalue weighted by Crippen LogP contribution is -2.16. The number of fused-ring (bicyclic) bond motifs is 1. The molecule has 1 aliphatic rings. The molecule has 0 fully saturated rings. The summed E-state index contributed by atoms with van der Waals surface area (Å²) in [4.78, 5) is 12.3. The lowest BCUT2D eigenvalue weighted by molar-refractivity contribution is 0.102. The molecule has 5 heteroatoms. The molecule has 2 aromatic carbocycles. The minimum absolute atomic E-state index is 0.275. The number of rotatable bonds is 2. The average molecular weight is 305 g/mol. The molecule has 0 bridgehead atoms. The Morgan fingerprint density at radius 3 is 2.95 bits per heavy atom. The van der Waals surface area contributed by atoms with Gasteiger partial charge >= 0.3 is 0 Å². The van der Waals surface area contributed by atoms with Crippen molar-refractivity contribution in [3.63, 3.8) is 0 Å². The number of carbonyl (C=O) groups is 1. The molecule has 1 heterocycles. The molecule has 0 saturated heterocycles. The Bertz CT molecular complexity index is 703. The van der Waals surface area contributed by atoms with Crippen molar-refractivity contribution in [2.24, 2.45) is 0 Å². The van der Waals surface area contributed by atoms with Gasteiger partial charge in [0.1, 0.15) is 5.82 Å². The summed E-state index contributed by atoms with van der Waals surface area (Å²) in [6.45, 7) is 0.956. The lowest BCUT2D eigenvalue weighted by Gasteiger charge is -2.18. The van der Waals surface area contributed by atoms with Gasteiger partial charge < -0.3 is 10.6 Å². The van der Waals surface area contributed by atoms with Gasteiger partial charge in [0.25, 0.3) is 5.91 Å². The Morgan fingerprint density at radius 2 is 2.10 bits per heavy atom. The number of hydrogen-bond acceptors (Lipinski definition) is 2. The van der Waals surface area contributed by atoms with Crippen LogP contribution in [0.25, 0.3) is 0 Å². The number of nitrogens with one attached hydrogen (secondary N) is 2. The molecule has 0 aliphatic carbocycles. The second-order valence-electron chi connectivity index (χ2n) is 4.98.